The van der Waals surface area contributed by atoms with Crippen LogP contribution in [0.4, 0.5) is 26.3 Å². The maximum absolute atomic E-state index is 12.5. The first-order valence-electron chi connectivity index (χ1n) is 4.48. The average Bonchev–Trinajstić information content (AvgIpc) is 2.24. The monoisotopic (exact) mass is 272 g/mol. The predicted molar refractivity (Wildman–Crippen MR) is 47.8 cm³/mol. The Bertz CT molecular complexity index is 461. The molecule has 0 amide bonds. The number of alkyl halides is 6. The van der Waals surface area contributed by atoms with Gasteiger partial charge < -0.3 is 5.11 Å². The Morgan fingerprint density at radius 1 is 1.00 bits per heavy atom. The van der Waals surface area contributed by atoms with Gasteiger partial charge in [0.1, 0.15) is 0 Å². The summed E-state index contributed by atoms with van der Waals surface area (Å²) in [5.41, 5.74) is -5.01. The topological polar surface area (TPSA) is 37.3 Å². The van der Waals surface area contributed by atoms with Gasteiger partial charge in [-0.2, -0.15) is 26.3 Å². The predicted octanol–water partition coefficient (Wildman–Crippen LogP) is 3.03. The summed E-state index contributed by atoms with van der Waals surface area (Å²) < 4.78 is 74.8. The molecule has 1 N–H and O–H groups in total. The van der Waals surface area contributed by atoms with Gasteiger partial charge in [-0.05, 0) is 17.7 Å². The molecule has 0 aliphatic rings. The summed E-state index contributed by atoms with van der Waals surface area (Å²) in [4.78, 5) is 10.4. The van der Waals surface area contributed by atoms with E-state index in [2.05, 4.69) is 0 Å². The minimum Gasteiger partial charge on any atom is -0.392 e. The van der Waals surface area contributed by atoms with Gasteiger partial charge in [0.05, 0.1) is 17.7 Å². The molecular weight excluding hydrogens is 266 g/mol. The summed E-state index contributed by atoms with van der Waals surface area (Å²) in [5.74, 6) is 0. The smallest absolute Gasteiger partial charge is 0.392 e. The first-order chi connectivity index (χ1) is 8.11. The lowest BCUT2D eigenvalue weighted by molar-refractivity contribution is -0.142. The summed E-state index contributed by atoms with van der Waals surface area (Å²) in [6.07, 6.45) is -10.2. The van der Waals surface area contributed by atoms with E-state index in [1.54, 1.807) is 0 Å². The van der Waals surface area contributed by atoms with E-state index in [1.807, 2.05) is 0 Å². The number of carbonyl (C=O) groups excluding carboxylic acids is 1. The molecule has 0 aliphatic carbocycles. The highest BCUT2D eigenvalue weighted by molar-refractivity contribution is 5.78. The maximum atomic E-state index is 12.5. The summed E-state index contributed by atoms with van der Waals surface area (Å²) in [5, 5.41) is 8.68. The van der Waals surface area contributed by atoms with Crippen LogP contribution >= 0.6 is 0 Å². The number of aliphatic hydroxyl groups is 1. The van der Waals surface area contributed by atoms with E-state index in [-0.39, 0.29) is 18.4 Å². The Morgan fingerprint density at radius 3 is 1.83 bits per heavy atom. The van der Waals surface area contributed by atoms with Crippen molar-refractivity contribution in [2.75, 3.05) is 0 Å². The second-order valence-corrected chi connectivity index (χ2v) is 3.37. The Labute approximate surface area is 96.8 Å². The largest absolute Gasteiger partial charge is 0.417 e. The van der Waals surface area contributed by atoms with Crippen molar-refractivity contribution >= 4 is 6.29 Å². The third kappa shape index (κ3) is 2.81. The minimum absolute atomic E-state index is 0.0847. The van der Waals surface area contributed by atoms with Gasteiger partial charge in [-0.3, -0.25) is 4.79 Å². The molecule has 0 saturated heterocycles. The van der Waals surface area contributed by atoms with Gasteiger partial charge in [0.25, 0.3) is 0 Å². The molecule has 0 aliphatic heterocycles. The number of rotatable bonds is 2. The molecule has 1 aromatic carbocycles. The highest BCUT2D eigenvalue weighted by atomic mass is 19.4. The van der Waals surface area contributed by atoms with Crippen LogP contribution in [0.3, 0.4) is 0 Å². The van der Waals surface area contributed by atoms with E-state index >= 15 is 0 Å². The summed E-state index contributed by atoms with van der Waals surface area (Å²) in [6.45, 7) is -1.21. The number of benzene rings is 1. The number of hydrogen-bond acceptors (Lipinski definition) is 2. The fourth-order valence-electron chi connectivity index (χ4n) is 1.40. The molecule has 0 heterocycles. The van der Waals surface area contributed by atoms with Gasteiger partial charge in [-0.1, -0.05) is 0 Å². The number of aliphatic hydroxyl groups excluding tert-OH is 1. The average molecular weight is 272 g/mol. The molecular formula is C10H6F6O2. The van der Waals surface area contributed by atoms with Crippen LogP contribution in [-0.2, 0) is 19.0 Å². The van der Waals surface area contributed by atoms with Crippen LogP contribution < -0.4 is 0 Å². The molecule has 0 spiro atoms. The Balaban J connectivity index is 3.57. The molecule has 0 atom stereocenters. The van der Waals surface area contributed by atoms with Crippen LogP contribution in [0.15, 0.2) is 12.1 Å². The molecule has 0 fully saturated rings. The lowest BCUT2D eigenvalue weighted by Crippen LogP contribution is -2.15. The van der Waals surface area contributed by atoms with Crippen molar-refractivity contribution in [3.05, 3.63) is 34.4 Å². The zero-order chi connectivity index (χ0) is 14.1. The molecule has 0 saturated carbocycles. The van der Waals surface area contributed by atoms with Crippen molar-refractivity contribution in [2.24, 2.45) is 0 Å². The maximum Gasteiger partial charge on any atom is 0.417 e. The second-order valence-electron chi connectivity index (χ2n) is 3.37. The standard InChI is InChI=1S/C10H6F6O2/c11-9(12,13)7-1-5(3-17)8(10(14,15)16)2-6(7)4-18/h1-3,18H,4H2. The van der Waals surface area contributed by atoms with E-state index in [1.165, 1.54) is 0 Å². The molecule has 100 valence electrons. The molecule has 0 radical (unpaired) electrons. The highest BCUT2D eigenvalue weighted by Crippen LogP contribution is 2.38. The number of aldehydes is 1. The summed E-state index contributed by atoms with van der Waals surface area (Å²) in [7, 11) is 0. The van der Waals surface area contributed by atoms with Crippen LogP contribution in [0.5, 0.6) is 0 Å². The molecule has 1 aromatic rings. The van der Waals surface area contributed by atoms with Crippen LogP contribution in [0.25, 0.3) is 0 Å². The van der Waals surface area contributed by atoms with E-state index in [0.717, 1.165) is 0 Å². The van der Waals surface area contributed by atoms with Crippen LogP contribution in [0, 0.1) is 0 Å². The zero-order valence-corrected chi connectivity index (χ0v) is 8.56. The van der Waals surface area contributed by atoms with Crippen molar-refractivity contribution in [1.29, 1.82) is 0 Å². The first kappa shape index (κ1) is 14.5. The van der Waals surface area contributed by atoms with Gasteiger partial charge in [0, 0.05) is 5.56 Å². The first-order valence-corrected chi connectivity index (χ1v) is 4.48. The Morgan fingerprint density at radius 2 is 1.50 bits per heavy atom. The lowest BCUT2D eigenvalue weighted by Gasteiger charge is -2.16. The quantitative estimate of drug-likeness (QED) is 0.663. The Kier molecular flexibility index (Phi) is 3.70. The normalized spacial score (nSPS) is 12.6. The Hall–Kier alpha value is -1.57. The molecule has 0 bridgehead atoms. The van der Waals surface area contributed by atoms with Gasteiger partial charge >= 0.3 is 12.4 Å². The second kappa shape index (κ2) is 4.60. The highest BCUT2D eigenvalue weighted by Gasteiger charge is 2.39. The van der Waals surface area contributed by atoms with E-state index in [9.17, 15) is 31.1 Å². The van der Waals surface area contributed by atoms with Gasteiger partial charge in [0.2, 0.25) is 0 Å². The molecule has 18 heavy (non-hydrogen) atoms. The van der Waals surface area contributed by atoms with Crippen molar-refractivity contribution in [3.8, 4) is 0 Å². The van der Waals surface area contributed by atoms with Crippen LogP contribution in [0.2, 0.25) is 0 Å². The molecule has 2 nitrogen and oxygen atoms in total. The van der Waals surface area contributed by atoms with Gasteiger partial charge in [-0.15, -0.1) is 0 Å². The SMILES string of the molecule is O=Cc1cc(C(F)(F)F)c(CO)cc1C(F)(F)F. The van der Waals surface area contributed by atoms with Gasteiger partial charge in [0.15, 0.2) is 6.29 Å². The zero-order valence-electron chi connectivity index (χ0n) is 8.56. The number of hydrogen-bond donors (Lipinski definition) is 1. The third-order valence-corrected chi connectivity index (χ3v) is 2.18. The van der Waals surface area contributed by atoms with E-state index in [4.69, 9.17) is 5.11 Å². The summed E-state index contributed by atoms with van der Waals surface area (Å²) in [6, 6.07) is 0.216. The van der Waals surface area contributed by atoms with Crippen LogP contribution in [0.1, 0.15) is 27.0 Å². The van der Waals surface area contributed by atoms with E-state index in [0.29, 0.717) is 0 Å². The number of carbonyl (C=O) groups is 1. The fraction of sp³-hybridized carbons (Fsp3) is 0.300. The summed E-state index contributed by atoms with van der Waals surface area (Å²) >= 11 is 0. The van der Waals surface area contributed by atoms with Crippen LogP contribution in [-0.4, -0.2) is 11.4 Å². The fourth-order valence-corrected chi connectivity index (χ4v) is 1.40. The number of halogens is 6. The molecule has 8 heteroatoms. The third-order valence-electron chi connectivity index (χ3n) is 2.18. The lowest BCUT2D eigenvalue weighted by atomic mass is 9.98. The van der Waals surface area contributed by atoms with Crippen molar-refractivity contribution in [1.82, 2.24) is 0 Å². The van der Waals surface area contributed by atoms with E-state index < -0.39 is 41.2 Å². The molecule has 1 rings (SSSR count). The minimum atomic E-state index is -4.97. The van der Waals surface area contributed by atoms with Crippen molar-refractivity contribution in [2.45, 2.75) is 19.0 Å². The van der Waals surface area contributed by atoms with Crippen molar-refractivity contribution in [3.63, 3.8) is 0 Å². The van der Waals surface area contributed by atoms with Gasteiger partial charge in [-0.25, -0.2) is 0 Å². The molecule has 0 unspecified atom stereocenters. The molecule has 0 aromatic heterocycles. The van der Waals surface area contributed by atoms with Crippen molar-refractivity contribution < 1.29 is 36.2 Å².